The van der Waals surface area contributed by atoms with Gasteiger partial charge in [-0.2, -0.15) is 8.42 Å². The molecule has 0 aromatic heterocycles. The van der Waals surface area contributed by atoms with Crippen molar-refractivity contribution in [3.8, 4) is 0 Å². The van der Waals surface area contributed by atoms with E-state index in [1.165, 1.54) is 18.4 Å². The minimum Gasteiger partial charge on any atom is -0.244 e. The quantitative estimate of drug-likeness (QED) is 0.753. The van der Waals surface area contributed by atoms with E-state index in [0.29, 0.717) is 4.90 Å². The Hall–Kier alpha value is -0.590. The van der Waals surface area contributed by atoms with E-state index < -0.39 is 19.0 Å². The fourth-order valence-electron chi connectivity index (χ4n) is 0.886. The first-order valence-corrected chi connectivity index (χ1v) is 7.73. The topological polar surface area (TPSA) is 63.6 Å². The minimum atomic E-state index is -4.11. The summed E-state index contributed by atoms with van der Waals surface area (Å²) in [4.78, 5) is 0.337. The molecule has 0 bridgehead atoms. The maximum absolute atomic E-state index is 11.8. The van der Waals surface area contributed by atoms with Crippen LogP contribution in [0.4, 0.5) is 0 Å². The molecule has 0 N–H and O–H groups in total. The van der Waals surface area contributed by atoms with Crippen LogP contribution in [0.15, 0.2) is 39.0 Å². The zero-order valence-electron chi connectivity index (χ0n) is 7.25. The second kappa shape index (κ2) is 3.88. The molecule has 0 radical (unpaired) electrons. The maximum atomic E-state index is 11.8. The van der Waals surface area contributed by atoms with Gasteiger partial charge in [-0.1, -0.05) is 22.0 Å². The Labute approximate surface area is 87.6 Å². The molecule has 0 saturated heterocycles. The highest BCUT2D eigenvalue weighted by atomic mass is 35.7. The van der Waals surface area contributed by atoms with E-state index in [4.69, 9.17) is 10.7 Å². The molecule has 0 aliphatic rings. The lowest BCUT2D eigenvalue weighted by Crippen LogP contribution is -1.99. The van der Waals surface area contributed by atoms with Crippen LogP contribution >= 0.6 is 10.7 Å². The van der Waals surface area contributed by atoms with Crippen molar-refractivity contribution < 1.29 is 12.6 Å². The number of nitrogens with zero attached hydrogens (tertiary/aromatic N) is 1. The van der Waals surface area contributed by atoms with Gasteiger partial charge in [-0.3, -0.25) is 0 Å². The standard InChI is InChI=1S/C7H8ClNO3S2/c1-13(10,9-14(8,11)12)7-5-3-2-4-6-7/h2-6H,1H3/t13-/m1/s1. The number of hydrogen-bond donors (Lipinski definition) is 0. The highest BCUT2D eigenvalue weighted by Crippen LogP contribution is 2.13. The highest BCUT2D eigenvalue weighted by Gasteiger charge is 2.10. The van der Waals surface area contributed by atoms with Gasteiger partial charge in [0.05, 0.1) is 9.73 Å². The van der Waals surface area contributed by atoms with Crippen molar-refractivity contribution in [1.29, 1.82) is 0 Å². The molecule has 0 spiro atoms. The van der Waals surface area contributed by atoms with Crippen molar-refractivity contribution in [2.45, 2.75) is 4.90 Å². The molecule has 1 rings (SSSR count). The van der Waals surface area contributed by atoms with Gasteiger partial charge >= 0.3 is 9.24 Å². The zero-order chi connectivity index (χ0) is 10.8. The maximum Gasteiger partial charge on any atom is 0.347 e. The lowest BCUT2D eigenvalue weighted by Gasteiger charge is -2.01. The molecule has 1 aromatic carbocycles. The van der Waals surface area contributed by atoms with Gasteiger partial charge < -0.3 is 0 Å². The molecular weight excluding hydrogens is 246 g/mol. The fourth-order valence-corrected chi connectivity index (χ4v) is 4.22. The predicted octanol–water partition coefficient (Wildman–Crippen LogP) is 1.63. The Bertz CT molecular complexity index is 529. The summed E-state index contributed by atoms with van der Waals surface area (Å²) in [5.74, 6) is 0. The molecule has 78 valence electrons. The molecule has 4 nitrogen and oxygen atoms in total. The summed E-state index contributed by atoms with van der Waals surface area (Å²) < 4.78 is 36.1. The average Bonchev–Trinajstić information content (AvgIpc) is 2.01. The fraction of sp³-hybridized carbons (Fsp3) is 0.143. The molecule has 1 atom stereocenters. The summed E-state index contributed by atoms with van der Waals surface area (Å²) in [5.41, 5.74) is 0. The molecular formula is C7H8ClNO3S2. The summed E-state index contributed by atoms with van der Waals surface area (Å²) in [6.07, 6.45) is 1.22. The Morgan fingerprint density at radius 2 is 1.64 bits per heavy atom. The van der Waals surface area contributed by atoms with Gasteiger partial charge in [0.1, 0.15) is 0 Å². The Kier molecular flexibility index (Phi) is 3.18. The lowest BCUT2D eigenvalue weighted by molar-refractivity contribution is 0.611. The van der Waals surface area contributed by atoms with Gasteiger partial charge in [0.2, 0.25) is 0 Å². The van der Waals surface area contributed by atoms with Gasteiger partial charge in [-0.05, 0) is 12.1 Å². The van der Waals surface area contributed by atoms with Crippen LogP contribution in [0.1, 0.15) is 0 Å². The smallest absolute Gasteiger partial charge is 0.244 e. The summed E-state index contributed by atoms with van der Waals surface area (Å²) >= 11 is 0. The van der Waals surface area contributed by atoms with Gasteiger partial charge in [-0.15, -0.1) is 0 Å². The number of rotatable bonds is 2. The summed E-state index contributed by atoms with van der Waals surface area (Å²) in [7, 11) is -2.18. The van der Waals surface area contributed by atoms with E-state index >= 15 is 0 Å². The van der Waals surface area contributed by atoms with E-state index in [1.807, 2.05) is 0 Å². The second-order valence-corrected chi connectivity index (χ2v) is 7.27. The monoisotopic (exact) mass is 253 g/mol. The predicted molar refractivity (Wildman–Crippen MR) is 56.0 cm³/mol. The van der Waals surface area contributed by atoms with Crippen molar-refractivity contribution in [1.82, 2.24) is 0 Å². The number of benzene rings is 1. The van der Waals surface area contributed by atoms with Crippen LogP contribution in [-0.2, 0) is 19.0 Å². The van der Waals surface area contributed by atoms with Crippen molar-refractivity contribution >= 4 is 29.6 Å². The van der Waals surface area contributed by atoms with Crippen LogP contribution in [0, 0.1) is 0 Å². The lowest BCUT2D eigenvalue weighted by atomic mass is 10.4. The van der Waals surface area contributed by atoms with E-state index in [1.54, 1.807) is 18.2 Å². The van der Waals surface area contributed by atoms with E-state index in [2.05, 4.69) is 3.77 Å². The summed E-state index contributed by atoms with van der Waals surface area (Å²) in [5, 5.41) is 0. The molecule has 0 aliphatic heterocycles. The first kappa shape index (κ1) is 11.5. The Balaban J connectivity index is 3.37. The molecule has 0 saturated carbocycles. The normalized spacial score (nSPS) is 15.9. The van der Waals surface area contributed by atoms with Crippen LogP contribution < -0.4 is 0 Å². The average molecular weight is 254 g/mol. The van der Waals surface area contributed by atoms with Crippen LogP contribution in [-0.4, -0.2) is 18.9 Å². The van der Waals surface area contributed by atoms with Crippen molar-refractivity contribution in [3.63, 3.8) is 0 Å². The molecule has 7 heteroatoms. The van der Waals surface area contributed by atoms with Crippen LogP contribution in [0.2, 0.25) is 0 Å². The molecule has 0 heterocycles. The first-order valence-electron chi connectivity index (χ1n) is 3.54. The van der Waals surface area contributed by atoms with Crippen LogP contribution in [0.25, 0.3) is 0 Å². The first-order chi connectivity index (χ1) is 6.31. The van der Waals surface area contributed by atoms with Gasteiger partial charge in [0.25, 0.3) is 0 Å². The third-order valence-corrected chi connectivity index (χ3v) is 4.92. The molecule has 14 heavy (non-hydrogen) atoms. The molecule has 0 aliphatic carbocycles. The van der Waals surface area contributed by atoms with E-state index in [9.17, 15) is 12.6 Å². The number of halogens is 1. The van der Waals surface area contributed by atoms with E-state index in [0.717, 1.165) is 0 Å². The Morgan fingerprint density at radius 3 is 2.07 bits per heavy atom. The molecule has 0 unspecified atom stereocenters. The van der Waals surface area contributed by atoms with Crippen LogP contribution in [0.5, 0.6) is 0 Å². The number of hydrogen-bond acceptors (Lipinski definition) is 3. The Morgan fingerprint density at radius 1 is 1.14 bits per heavy atom. The molecule has 1 aromatic rings. The summed E-state index contributed by atoms with van der Waals surface area (Å²) in [6.45, 7) is 0. The third-order valence-electron chi connectivity index (χ3n) is 1.41. The van der Waals surface area contributed by atoms with Gasteiger partial charge in [0, 0.05) is 21.8 Å². The minimum absolute atomic E-state index is 0.337. The van der Waals surface area contributed by atoms with Crippen LogP contribution in [0.3, 0.4) is 0 Å². The second-order valence-electron chi connectivity index (χ2n) is 2.60. The zero-order valence-corrected chi connectivity index (χ0v) is 9.64. The third kappa shape index (κ3) is 3.28. The molecule has 0 amide bonds. The molecule has 0 fully saturated rings. The largest absolute Gasteiger partial charge is 0.347 e. The van der Waals surface area contributed by atoms with E-state index in [-0.39, 0.29) is 0 Å². The highest BCUT2D eigenvalue weighted by molar-refractivity contribution is 8.17. The van der Waals surface area contributed by atoms with Gasteiger partial charge in [-0.25, -0.2) is 4.21 Å². The van der Waals surface area contributed by atoms with Gasteiger partial charge in [0.15, 0.2) is 0 Å². The van der Waals surface area contributed by atoms with Crippen molar-refractivity contribution in [3.05, 3.63) is 30.3 Å². The SMILES string of the molecule is C[S@](=O)(=NS(=O)(=O)Cl)c1ccccc1. The van der Waals surface area contributed by atoms with Crippen molar-refractivity contribution in [2.24, 2.45) is 3.77 Å². The summed E-state index contributed by atoms with van der Waals surface area (Å²) in [6, 6.07) is 8.10. The van der Waals surface area contributed by atoms with Crippen molar-refractivity contribution in [2.75, 3.05) is 6.26 Å².